The first kappa shape index (κ1) is 18.2. The number of amides is 1. The van der Waals surface area contributed by atoms with Crippen molar-refractivity contribution in [3.8, 4) is 0 Å². The fraction of sp³-hybridized carbons (Fsp3) is 0.300. The number of hydrogen-bond acceptors (Lipinski definition) is 4. The molecule has 0 bridgehead atoms. The molecule has 0 saturated carbocycles. The molecule has 6 nitrogen and oxygen atoms in total. The summed E-state index contributed by atoms with van der Waals surface area (Å²) in [5.41, 5.74) is 0.571. The van der Waals surface area contributed by atoms with E-state index in [2.05, 4.69) is 15.0 Å². The number of imidazole rings is 1. The van der Waals surface area contributed by atoms with Crippen molar-refractivity contribution in [2.75, 3.05) is 13.1 Å². The highest BCUT2D eigenvalue weighted by Gasteiger charge is 2.30. The van der Waals surface area contributed by atoms with Gasteiger partial charge in [0.05, 0.1) is 18.4 Å². The quantitative estimate of drug-likeness (QED) is 0.695. The number of aromatic nitrogens is 4. The van der Waals surface area contributed by atoms with E-state index in [1.165, 1.54) is 0 Å². The average molecular weight is 383 g/mol. The molecule has 1 amide bonds. The smallest absolute Gasteiger partial charge is 0.275 e. The molecule has 3 aromatic heterocycles. The Hall–Kier alpha value is -3.16. The molecule has 0 spiro atoms. The van der Waals surface area contributed by atoms with Crippen molar-refractivity contribution in [2.24, 2.45) is 0 Å². The maximum Gasteiger partial charge on any atom is 0.275 e. The molecular weight excluding hydrogens is 364 g/mol. The van der Waals surface area contributed by atoms with Gasteiger partial charge < -0.3 is 9.47 Å². The molecule has 4 heterocycles. The second-order valence-corrected chi connectivity index (χ2v) is 6.81. The summed E-state index contributed by atoms with van der Waals surface area (Å²) in [7, 11) is 0. The second kappa shape index (κ2) is 7.84. The van der Waals surface area contributed by atoms with Crippen LogP contribution in [0.4, 0.5) is 8.78 Å². The minimum absolute atomic E-state index is 0.0277. The van der Waals surface area contributed by atoms with E-state index >= 15 is 0 Å². The monoisotopic (exact) mass is 383 g/mol. The SMILES string of the molecule is O=C(c1ncc(F)cc1F)N1CCCC(c2nccn2Cc2ccccn2)C1. The summed E-state index contributed by atoms with van der Waals surface area (Å²) < 4.78 is 29.1. The van der Waals surface area contributed by atoms with E-state index in [-0.39, 0.29) is 11.6 Å². The van der Waals surface area contributed by atoms with Crippen molar-refractivity contribution in [3.63, 3.8) is 0 Å². The number of likely N-dealkylation sites (tertiary alicyclic amines) is 1. The summed E-state index contributed by atoms with van der Waals surface area (Å²) in [6.07, 6.45) is 7.89. The van der Waals surface area contributed by atoms with E-state index in [9.17, 15) is 13.6 Å². The van der Waals surface area contributed by atoms with Crippen LogP contribution >= 0.6 is 0 Å². The van der Waals surface area contributed by atoms with E-state index in [0.717, 1.165) is 30.6 Å². The largest absolute Gasteiger partial charge is 0.336 e. The van der Waals surface area contributed by atoms with Crippen LogP contribution in [-0.2, 0) is 6.54 Å². The lowest BCUT2D eigenvalue weighted by Crippen LogP contribution is -2.40. The number of hydrogen-bond donors (Lipinski definition) is 0. The van der Waals surface area contributed by atoms with Gasteiger partial charge in [0, 0.05) is 43.7 Å². The molecule has 1 aliphatic heterocycles. The molecule has 0 radical (unpaired) electrons. The van der Waals surface area contributed by atoms with Gasteiger partial charge in [-0.1, -0.05) is 6.07 Å². The molecule has 28 heavy (non-hydrogen) atoms. The molecule has 144 valence electrons. The summed E-state index contributed by atoms with van der Waals surface area (Å²) in [5.74, 6) is -1.37. The third kappa shape index (κ3) is 3.76. The molecule has 1 atom stereocenters. The zero-order chi connectivity index (χ0) is 19.5. The van der Waals surface area contributed by atoms with Gasteiger partial charge in [0.1, 0.15) is 11.6 Å². The Morgan fingerprint density at radius 2 is 2.07 bits per heavy atom. The van der Waals surface area contributed by atoms with Crippen molar-refractivity contribution in [1.29, 1.82) is 0 Å². The number of carbonyl (C=O) groups is 1. The Bertz CT molecular complexity index is 976. The summed E-state index contributed by atoms with van der Waals surface area (Å²) in [4.78, 5) is 26.7. The molecule has 1 fully saturated rings. The van der Waals surface area contributed by atoms with Gasteiger partial charge >= 0.3 is 0 Å². The molecule has 1 aliphatic rings. The third-order valence-corrected chi connectivity index (χ3v) is 4.89. The van der Waals surface area contributed by atoms with Gasteiger partial charge in [0.25, 0.3) is 5.91 Å². The van der Waals surface area contributed by atoms with E-state index < -0.39 is 17.5 Å². The van der Waals surface area contributed by atoms with Crippen LogP contribution in [0.25, 0.3) is 0 Å². The van der Waals surface area contributed by atoms with Gasteiger partial charge in [-0.2, -0.15) is 0 Å². The van der Waals surface area contributed by atoms with Crippen LogP contribution in [0.1, 0.15) is 40.8 Å². The molecule has 4 rings (SSSR count). The fourth-order valence-electron chi connectivity index (χ4n) is 3.57. The maximum absolute atomic E-state index is 14.0. The highest BCUT2D eigenvalue weighted by atomic mass is 19.1. The van der Waals surface area contributed by atoms with Gasteiger partial charge in [-0.25, -0.2) is 18.7 Å². The van der Waals surface area contributed by atoms with Crippen molar-refractivity contribution in [2.45, 2.75) is 25.3 Å². The summed E-state index contributed by atoms with van der Waals surface area (Å²) >= 11 is 0. The molecule has 8 heteroatoms. The second-order valence-electron chi connectivity index (χ2n) is 6.81. The minimum atomic E-state index is -0.941. The Kier molecular flexibility index (Phi) is 5.10. The maximum atomic E-state index is 14.0. The van der Waals surface area contributed by atoms with Crippen molar-refractivity contribution in [3.05, 3.63) is 77.9 Å². The van der Waals surface area contributed by atoms with Gasteiger partial charge in [0.2, 0.25) is 0 Å². The van der Waals surface area contributed by atoms with Gasteiger partial charge in [-0.3, -0.25) is 9.78 Å². The van der Waals surface area contributed by atoms with Crippen molar-refractivity contribution >= 4 is 5.91 Å². The standard InChI is InChI=1S/C20H19F2N5O/c21-15-10-17(22)18(25-11-15)20(28)27-8-3-4-14(12-27)19-24-7-9-26(19)13-16-5-1-2-6-23-16/h1-2,5-7,9-11,14H,3-4,8,12-13H2. The van der Waals surface area contributed by atoms with Gasteiger partial charge in [-0.15, -0.1) is 0 Å². The van der Waals surface area contributed by atoms with E-state index in [4.69, 9.17) is 0 Å². The molecule has 0 N–H and O–H groups in total. The molecular formula is C20H19F2N5O. The number of rotatable bonds is 4. The van der Waals surface area contributed by atoms with Crippen LogP contribution in [0, 0.1) is 11.6 Å². The Balaban J connectivity index is 1.52. The predicted molar refractivity (Wildman–Crippen MR) is 97.6 cm³/mol. The fourth-order valence-corrected chi connectivity index (χ4v) is 3.57. The summed E-state index contributed by atoms with van der Waals surface area (Å²) in [6.45, 7) is 1.51. The van der Waals surface area contributed by atoms with Crippen molar-refractivity contribution in [1.82, 2.24) is 24.4 Å². The lowest BCUT2D eigenvalue weighted by atomic mass is 9.96. The number of nitrogens with zero attached hydrogens (tertiary/aromatic N) is 5. The molecule has 0 aliphatic carbocycles. The average Bonchev–Trinajstić information content (AvgIpc) is 3.16. The van der Waals surface area contributed by atoms with Gasteiger partial charge in [-0.05, 0) is 25.0 Å². The number of halogens is 2. The molecule has 1 unspecified atom stereocenters. The first-order chi connectivity index (χ1) is 13.6. The predicted octanol–water partition coefficient (Wildman–Crippen LogP) is 3.02. The topological polar surface area (TPSA) is 63.9 Å². The Morgan fingerprint density at radius 1 is 1.18 bits per heavy atom. The van der Waals surface area contributed by atoms with E-state index in [1.54, 1.807) is 17.3 Å². The number of pyridine rings is 2. The highest BCUT2D eigenvalue weighted by molar-refractivity contribution is 5.92. The lowest BCUT2D eigenvalue weighted by molar-refractivity contribution is 0.0692. The lowest BCUT2D eigenvalue weighted by Gasteiger charge is -2.32. The molecule has 1 saturated heterocycles. The first-order valence-electron chi connectivity index (χ1n) is 9.13. The van der Waals surface area contributed by atoms with Crippen LogP contribution < -0.4 is 0 Å². The zero-order valence-corrected chi connectivity index (χ0v) is 15.1. The van der Waals surface area contributed by atoms with Crippen LogP contribution in [0.3, 0.4) is 0 Å². The highest BCUT2D eigenvalue weighted by Crippen LogP contribution is 2.27. The van der Waals surface area contributed by atoms with Crippen LogP contribution in [0.5, 0.6) is 0 Å². The number of carbonyl (C=O) groups excluding carboxylic acids is 1. The minimum Gasteiger partial charge on any atom is -0.336 e. The van der Waals surface area contributed by atoms with Crippen LogP contribution in [-0.4, -0.2) is 43.4 Å². The van der Waals surface area contributed by atoms with E-state index in [0.29, 0.717) is 25.7 Å². The normalized spacial score (nSPS) is 16.9. The van der Waals surface area contributed by atoms with Crippen LogP contribution in [0.15, 0.2) is 49.1 Å². The summed E-state index contributed by atoms with van der Waals surface area (Å²) in [5, 5.41) is 0. The van der Waals surface area contributed by atoms with E-state index in [1.807, 2.05) is 29.0 Å². The summed E-state index contributed by atoms with van der Waals surface area (Å²) in [6, 6.07) is 6.43. The third-order valence-electron chi connectivity index (χ3n) is 4.89. The van der Waals surface area contributed by atoms with Gasteiger partial charge in [0.15, 0.2) is 11.5 Å². The number of piperidine rings is 1. The molecule has 3 aromatic rings. The Morgan fingerprint density at radius 3 is 2.86 bits per heavy atom. The van der Waals surface area contributed by atoms with Crippen LogP contribution in [0.2, 0.25) is 0 Å². The van der Waals surface area contributed by atoms with Crippen molar-refractivity contribution < 1.29 is 13.6 Å². The Labute approximate surface area is 160 Å². The first-order valence-corrected chi connectivity index (χ1v) is 9.13. The molecule has 0 aromatic carbocycles. The zero-order valence-electron chi connectivity index (χ0n) is 15.1.